The molecule has 0 spiro atoms. The summed E-state index contributed by atoms with van der Waals surface area (Å²) in [5, 5.41) is 31.4. The van der Waals surface area contributed by atoms with E-state index in [1.807, 2.05) is 0 Å². The number of carboxylic acid groups (broad SMARTS) is 1. The van der Waals surface area contributed by atoms with Crippen LogP contribution in [0.5, 0.6) is 0 Å². The first-order chi connectivity index (χ1) is 35.6. The maximum atomic E-state index is 13.1. The van der Waals surface area contributed by atoms with Gasteiger partial charge in [-0.1, -0.05) is 202 Å². The highest BCUT2D eigenvalue weighted by Gasteiger charge is 2.50. The Morgan fingerprint density at radius 3 is 1.32 bits per heavy atom. The molecule has 6 atom stereocenters. The maximum Gasteiger partial charge on any atom is 0.335 e. The first-order valence-electron chi connectivity index (χ1n) is 28.6. The zero-order chi connectivity index (χ0) is 53.3. The van der Waals surface area contributed by atoms with E-state index in [4.69, 9.17) is 23.7 Å². The molecule has 1 fully saturated rings. The average molecular weight is 1030 g/mol. The lowest BCUT2D eigenvalue weighted by molar-refractivity contribution is -0.301. The Morgan fingerprint density at radius 1 is 0.466 bits per heavy atom. The minimum absolute atomic E-state index is 0.0445. The van der Waals surface area contributed by atoms with Crippen LogP contribution in [0.1, 0.15) is 226 Å². The van der Waals surface area contributed by atoms with Crippen LogP contribution >= 0.6 is 0 Å². The number of aliphatic hydroxyl groups excluding tert-OH is 2. The molecular formula is C61H100O12. The molecule has 6 unspecified atom stereocenters. The van der Waals surface area contributed by atoms with Crippen LogP contribution in [0.2, 0.25) is 0 Å². The van der Waals surface area contributed by atoms with E-state index in [9.17, 15) is 34.5 Å². The van der Waals surface area contributed by atoms with Crippen LogP contribution in [-0.4, -0.2) is 89.2 Å². The predicted molar refractivity (Wildman–Crippen MR) is 294 cm³/mol. The fraction of sp³-hybridized carbons (Fsp3) is 0.705. The molecule has 0 aliphatic carbocycles. The monoisotopic (exact) mass is 1020 g/mol. The number of carbonyl (C=O) groups is 4. The van der Waals surface area contributed by atoms with E-state index < -0.39 is 67.3 Å². The molecule has 1 rings (SSSR count). The molecule has 0 bridgehead atoms. The van der Waals surface area contributed by atoms with Crippen molar-refractivity contribution in [2.24, 2.45) is 0 Å². The molecule has 12 heteroatoms. The minimum Gasteiger partial charge on any atom is -0.479 e. The number of aliphatic carboxylic acids is 1. The number of hydrogen-bond donors (Lipinski definition) is 3. The molecule has 416 valence electrons. The largest absolute Gasteiger partial charge is 0.479 e. The van der Waals surface area contributed by atoms with Gasteiger partial charge in [0.15, 0.2) is 24.6 Å². The Labute approximate surface area is 441 Å². The molecule has 73 heavy (non-hydrogen) atoms. The number of unbranched alkanes of at least 4 members (excludes halogenated alkanes) is 19. The van der Waals surface area contributed by atoms with Gasteiger partial charge >= 0.3 is 23.9 Å². The molecule has 1 heterocycles. The van der Waals surface area contributed by atoms with E-state index in [0.717, 1.165) is 135 Å². The van der Waals surface area contributed by atoms with Crippen molar-refractivity contribution < 1.29 is 58.2 Å². The topological polar surface area (TPSA) is 175 Å². The van der Waals surface area contributed by atoms with Gasteiger partial charge in [0, 0.05) is 19.3 Å². The second-order valence-electron chi connectivity index (χ2n) is 19.2. The Hall–Kier alpha value is -4.10. The van der Waals surface area contributed by atoms with Gasteiger partial charge in [-0.3, -0.25) is 14.4 Å². The predicted octanol–water partition coefficient (Wildman–Crippen LogP) is 14.3. The summed E-state index contributed by atoms with van der Waals surface area (Å²) in [6.07, 6.45) is 49.9. The number of esters is 3. The van der Waals surface area contributed by atoms with Crippen molar-refractivity contribution in [3.05, 3.63) is 85.1 Å². The van der Waals surface area contributed by atoms with Crippen LogP contribution in [0.4, 0.5) is 0 Å². The molecule has 0 amide bonds. The zero-order valence-electron chi connectivity index (χ0n) is 45.6. The Morgan fingerprint density at radius 2 is 0.863 bits per heavy atom. The zero-order valence-corrected chi connectivity index (χ0v) is 45.6. The highest BCUT2D eigenvalue weighted by Crippen LogP contribution is 2.26. The molecule has 0 radical (unpaired) electrons. The Balaban J connectivity index is 2.68. The third-order valence-corrected chi connectivity index (χ3v) is 12.5. The van der Waals surface area contributed by atoms with Crippen molar-refractivity contribution in [1.29, 1.82) is 0 Å². The third kappa shape index (κ3) is 39.0. The van der Waals surface area contributed by atoms with Crippen LogP contribution in [0.3, 0.4) is 0 Å². The first kappa shape index (κ1) is 66.9. The van der Waals surface area contributed by atoms with Gasteiger partial charge in [0.1, 0.15) is 18.8 Å². The van der Waals surface area contributed by atoms with Crippen molar-refractivity contribution in [2.75, 3.05) is 13.2 Å². The summed E-state index contributed by atoms with van der Waals surface area (Å²) < 4.78 is 28.3. The fourth-order valence-corrected chi connectivity index (χ4v) is 8.14. The molecule has 0 saturated carbocycles. The molecule has 1 aliphatic heterocycles. The van der Waals surface area contributed by atoms with Gasteiger partial charge in [0.05, 0.1) is 6.61 Å². The van der Waals surface area contributed by atoms with Crippen molar-refractivity contribution in [1.82, 2.24) is 0 Å². The van der Waals surface area contributed by atoms with Crippen molar-refractivity contribution in [3.8, 4) is 0 Å². The van der Waals surface area contributed by atoms with E-state index in [2.05, 4.69) is 106 Å². The number of ether oxygens (including phenoxy) is 5. The van der Waals surface area contributed by atoms with Crippen molar-refractivity contribution in [3.63, 3.8) is 0 Å². The number of carbonyl (C=O) groups excluding carboxylic acids is 3. The number of hydrogen-bond acceptors (Lipinski definition) is 11. The third-order valence-electron chi connectivity index (χ3n) is 12.5. The summed E-state index contributed by atoms with van der Waals surface area (Å²) in [6.45, 7) is 5.71. The molecule has 12 nitrogen and oxygen atoms in total. The van der Waals surface area contributed by atoms with E-state index >= 15 is 0 Å². The van der Waals surface area contributed by atoms with E-state index in [1.54, 1.807) is 0 Å². The number of allylic oxidation sites excluding steroid dienone is 14. The van der Waals surface area contributed by atoms with E-state index in [1.165, 1.54) is 32.1 Å². The van der Waals surface area contributed by atoms with Gasteiger partial charge in [-0.2, -0.15) is 0 Å². The van der Waals surface area contributed by atoms with Crippen LogP contribution < -0.4 is 0 Å². The van der Waals surface area contributed by atoms with Crippen molar-refractivity contribution >= 4 is 23.9 Å². The summed E-state index contributed by atoms with van der Waals surface area (Å²) in [7, 11) is 0. The molecule has 1 saturated heterocycles. The van der Waals surface area contributed by atoms with Crippen molar-refractivity contribution in [2.45, 2.75) is 263 Å². The lowest BCUT2D eigenvalue weighted by Crippen LogP contribution is -2.61. The maximum absolute atomic E-state index is 13.1. The molecule has 0 aromatic rings. The van der Waals surface area contributed by atoms with Gasteiger partial charge in [0.25, 0.3) is 0 Å². The number of rotatable bonds is 47. The number of carboxylic acids is 1. The SMILES string of the molecule is CC/C=C\C/C=C\C/C=C\C/C=C\CCCCCCC(=O)OCC(COC1OC(C(=O)O)C(O)C(O)C1OC(=O)CCCCCCCCC/C=C\C/C=C\C/C=C\CC)OC(=O)CCCCCCCCCCC. The molecule has 3 N–H and O–H groups in total. The van der Waals surface area contributed by atoms with Crippen LogP contribution in [0, 0.1) is 0 Å². The van der Waals surface area contributed by atoms with Crippen LogP contribution in [-0.2, 0) is 42.9 Å². The minimum atomic E-state index is -1.91. The first-order valence-corrected chi connectivity index (χ1v) is 28.6. The van der Waals surface area contributed by atoms with E-state index in [-0.39, 0.29) is 25.9 Å². The normalized spacial score (nSPS) is 18.9. The van der Waals surface area contributed by atoms with Gasteiger partial charge in [-0.15, -0.1) is 0 Å². The highest BCUT2D eigenvalue weighted by atomic mass is 16.7. The fourth-order valence-electron chi connectivity index (χ4n) is 8.14. The highest BCUT2D eigenvalue weighted by molar-refractivity contribution is 5.74. The van der Waals surface area contributed by atoms with Crippen LogP contribution in [0.25, 0.3) is 0 Å². The summed E-state index contributed by atoms with van der Waals surface area (Å²) in [6, 6.07) is 0. The lowest BCUT2D eigenvalue weighted by atomic mass is 9.98. The second kappa shape index (κ2) is 48.8. The van der Waals surface area contributed by atoms with Gasteiger partial charge in [-0.05, 0) is 89.9 Å². The Kier molecular flexibility index (Phi) is 44.7. The van der Waals surface area contributed by atoms with Crippen LogP contribution in [0.15, 0.2) is 85.1 Å². The standard InChI is InChI=1S/C61H100O12/c1-4-7-10-13-16-19-21-23-25-27-29-31-33-36-38-41-44-47-53(62)69-50-52(71-54(63)48-45-42-39-35-18-15-12-9-6-3)51-70-61-59(57(66)56(65)58(73-61)60(67)68)72-55(64)49-46-43-40-37-34-32-30-28-26-24-22-20-17-14-11-8-5-2/h7-8,10-11,16-17,19-20,23-26,29,31,52,56-59,61,65-66H,4-6,9,12-15,18,21-22,27-28,30,32-51H2,1-3H3,(H,67,68)/b10-7-,11-8-,19-16-,20-17-,25-23-,26-24-,31-29-. The summed E-state index contributed by atoms with van der Waals surface area (Å²) >= 11 is 0. The van der Waals surface area contributed by atoms with E-state index in [0.29, 0.717) is 19.3 Å². The molecule has 1 aliphatic rings. The molecule has 0 aromatic heterocycles. The quantitative estimate of drug-likeness (QED) is 0.0228. The summed E-state index contributed by atoms with van der Waals surface area (Å²) in [5.74, 6) is -3.17. The van der Waals surface area contributed by atoms with Gasteiger partial charge in [-0.25, -0.2) is 4.79 Å². The molecular weight excluding hydrogens is 925 g/mol. The van der Waals surface area contributed by atoms with Gasteiger partial charge in [0.2, 0.25) is 0 Å². The summed E-state index contributed by atoms with van der Waals surface area (Å²) in [5.41, 5.74) is 0. The second-order valence-corrected chi connectivity index (χ2v) is 19.2. The summed E-state index contributed by atoms with van der Waals surface area (Å²) in [4.78, 5) is 51.0. The lowest BCUT2D eigenvalue weighted by Gasteiger charge is -2.40. The smallest absolute Gasteiger partial charge is 0.335 e. The average Bonchev–Trinajstić information content (AvgIpc) is 3.37. The Bertz CT molecular complexity index is 1590. The number of aliphatic hydroxyl groups is 2. The molecule has 0 aromatic carbocycles. The van der Waals surface area contributed by atoms with Gasteiger partial charge < -0.3 is 39.0 Å².